The molecule has 1 saturated carbocycles. The summed E-state index contributed by atoms with van der Waals surface area (Å²) in [6.45, 7) is 6.39. The zero-order chi connectivity index (χ0) is 28.3. The summed E-state index contributed by atoms with van der Waals surface area (Å²) in [6, 6.07) is 15.7. The number of rotatable bonds is 12. The molecule has 0 aliphatic heterocycles. The van der Waals surface area contributed by atoms with Crippen LogP contribution in [-0.2, 0) is 21.7 Å². The van der Waals surface area contributed by atoms with Gasteiger partial charge in [-0.2, -0.15) is 5.10 Å². The topological polar surface area (TPSA) is 117 Å². The van der Waals surface area contributed by atoms with Crippen LogP contribution in [0.3, 0.4) is 0 Å². The molecule has 0 spiro atoms. The van der Waals surface area contributed by atoms with E-state index in [9.17, 15) is 9.59 Å². The molecule has 1 aliphatic carbocycles. The van der Waals surface area contributed by atoms with Gasteiger partial charge in [-0.3, -0.25) is 14.2 Å². The van der Waals surface area contributed by atoms with E-state index in [0.717, 1.165) is 35.3 Å². The van der Waals surface area contributed by atoms with Gasteiger partial charge in [-0.05, 0) is 70.2 Å². The van der Waals surface area contributed by atoms with Gasteiger partial charge < -0.3 is 15.8 Å². The molecule has 0 radical (unpaired) electrons. The fourth-order valence-corrected chi connectivity index (χ4v) is 4.88. The Hall–Kier alpha value is -4.24. The third-order valence-electron chi connectivity index (χ3n) is 7.07. The van der Waals surface area contributed by atoms with Gasteiger partial charge in [0.15, 0.2) is 5.72 Å². The lowest BCUT2D eigenvalue weighted by molar-refractivity contribution is -0.121. The number of hydrogen-bond acceptors (Lipinski definition) is 5. The van der Waals surface area contributed by atoms with Gasteiger partial charge in [-0.15, -0.1) is 0 Å². The van der Waals surface area contributed by atoms with Crippen molar-refractivity contribution < 1.29 is 14.3 Å². The van der Waals surface area contributed by atoms with Gasteiger partial charge in [0.1, 0.15) is 5.82 Å². The molecule has 1 aliphatic rings. The first-order valence-electron chi connectivity index (χ1n) is 13.8. The lowest BCUT2D eigenvalue weighted by atomic mass is 9.96. The van der Waals surface area contributed by atoms with Crippen LogP contribution in [0.4, 0.5) is 0 Å². The third kappa shape index (κ3) is 5.99. The number of carbonyl (C=O) groups is 2. The van der Waals surface area contributed by atoms with Crippen molar-refractivity contribution in [2.24, 2.45) is 5.73 Å². The number of amides is 2. The summed E-state index contributed by atoms with van der Waals surface area (Å²) in [5, 5.41) is 7.61. The van der Waals surface area contributed by atoms with E-state index < -0.39 is 11.6 Å². The smallest absolute Gasteiger partial charge is 0.249 e. The molecule has 9 heteroatoms. The summed E-state index contributed by atoms with van der Waals surface area (Å²) in [7, 11) is 0. The number of nitrogens with two attached hydrogens (primary N) is 1. The number of aryl methyl sites for hydroxylation is 1. The van der Waals surface area contributed by atoms with E-state index in [2.05, 4.69) is 10.4 Å². The van der Waals surface area contributed by atoms with Crippen LogP contribution in [0.25, 0.3) is 28.2 Å². The molecule has 2 amide bonds. The van der Waals surface area contributed by atoms with Gasteiger partial charge in [-0.25, -0.2) is 9.67 Å². The monoisotopic (exact) mass is 540 g/mol. The highest BCUT2D eigenvalue weighted by molar-refractivity contribution is 6.03. The molecule has 2 aromatic heterocycles. The van der Waals surface area contributed by atoms with Gasteiger partial charge in [0.05, 0.1) is 17.5 Å². The Morgan fingerprint density at radius 3 is 2.58 bits per heavy atom. The maximum atomic E-state index is 12.7. The molecule has 0 saturated heterocycles. The number of primary amides is 1. The summed E-state index contributed by atoms with van der Waals surface area (Å²) in [6.07, 6.45) is 9.54. The number of aromatic nitrogens is 4. The Morgan fingerprint density at radius 1 is 1.10 bits per heavy atom. The van der Waals surface area contributed by atoms with Crippen molar-refractivity contribution in [3.05, 3.63) is 78.4 Å². The highest BCUT2D eigenvalue weighted by atomic mass is 16.5. The molecule has 40 heavy (non-hydrogen) atoms. The van der Waals surface area contributed by atoms with Crippen LogP contribution in [0.2, 0.25) is 0 Å². The standard InChI is InChI=1S/C31H36N6O3/c1-4-40-31(2,3)37-19-21(18-33-37)25-13-9-14-26(29(32)39)28(25)30-35-23(10-8-15-27(38)34-22-16-17-22)20-36(30)24-11-6-5-7-12-24/h5-7,9,11-14,18-20,22H,4,8,10,15-17H2,1-3H3,(H2,32,39)(H,34,38). The number of carbonyl (C=O) groups excluding carboxylic acids is 2. The fourth-order valence-electron chi connectivity index (χ4n) is 4.88. The molecular weight excluding hydrogens is 504 g/mol. The predicted molar refractivity (Wildman–Crippen MR) is 154 cm³/mol. The summed E-state index contributed by atoms with van der Waals surface area (Å²) >= 11 is 0. The first-order valence-corrected chi connectivity index (χ1v) is 13.8. The van der Waals surface area contributed by atoms with Crippen molar-refractivity contribution in [3.8, 4) is 28.2 Å². The average Bonchev–Trinajstić information content (AvgIpc) is 3.43. The first-order chi connectivity index (χ1) is 19.3. The number of hydrogen-bond donors (Lipinski definition) is 2. The van der Waals surface area contributed by atoms with Gasteiger partial charge >= 0.3 is 0 Å². The molecule has 9 nitrogen and oxygen atoms in total. The first kappa shape index (κ1) is 27.3. The van der Waals surface area contributed by atoms with Gasteiger partial charge in [0, 0.05) is 48.3 Å². The normalized spacial score (nSPS) is 13.4. The van der Waals surface area contributed by atoms with Crippen LogP contribution in [0.1, 0.15) is 62.5 Å². The summed E-state index contributed by atoms with van der Waals surface area (Å²) in [4.78, 5) is 30.0. The molecule has 3 N–H and O–H groups in total. The Kier molecular flexibility index (Phi) is 7.84. The minimum absolute atomic E-state index is 0.0820. The SMILES string of the molecule is CCOC(C)(C)n1cc(-c2cccc(C(N)=O)c2-c2nc(CCCC(=O)NC3CC3)cn2-c2ccccc2)cn1. The zero-order valence-corrected chi connectivity index (χ0v) is 23.3. The van der Waals surface area contributed by atoms with E-state index in [1.807, 2.05) is 80.2 Å². The minimum Gasteiger partial charge on any atom is -0.366 e. The quantitative estimate of drug-likeness (QED) is 0.267. The molecule has 0 atom stereocenters. The second-order valence-electron chi connectivity index (χ2n) is 10.6. The Bertz CT molecular complexity index is 1500. The van der Waals surface area contributed by atoms with Crippen LogP contribution in [0.5, 0.6) is 0 Å². The summed E-state index contributed by atoms with van der Waals surface area (Å²) in [5.74, 6) is 0.142. The fraction of sp³-hybridized carbons (Fsp3) is 0.355. The van der Waals surface area contributed by atoms with E-state index in [1.54, 1.807) is 16.9 Å². The average molecular weight is 541 g/mol. The Morgan fingerprint density at radius 2 is 1.88 bits per heavy atom. The Balaban J connectivity index is 1.57. The van der Waals surface area contributed by atoms with E-state index in [4.69, 9.17) is 15.5 Å². The molecule has 5 rings (SSSR count). The van der Waals surface area contributed by atoms with Gasteiger partial charge in [0.2, 0.25) is 11.8 Å². The van der Waals surface area contributed by atoms with Crippen molar-refractivity contribution in [1.29, 1.82) is 0 Å². The van der Waals surface area contributed by atoms with Crippen LogP contribution in [0, 0.1) is 0 Å². The number of benzene rings is 2. The number of imidazole rings is 1. The lowest BCUT2D eigenvalue weighted by Crippen LogP contribution is -2.30. The van der Waals surface area contributed by atoms with E-state index in [0.29, 0.717) is 48.9 Å². The largest absolute Gasteiger partial charge is 0.366 e. The van der Waals surface area contributed by atoms with E-state index >= 15 is 0 Å². The summed E-state index contributed by atoms with van der Waals surface area (Å²) in [5.41, 5.74) is 9.59. The van der Waals surface area contributed by atoms with E-state index in [-0.39, 0.29) is 5.91 Å². The van der Waals surface area contributed by atoms with Crippen molar-refractivity contribution in [2.75, 3.05) is 6.61 Å². The van der Waals surface area contributed by atoms with Crippen molar-refractivity contribution in [1.82, 2.24) is 24.6 Å². The third-order valence-corrected chi connectivity index (χ3v) is 7.07. The molecule has 0 bridgehead atoms. The molecule has 1 fully saturated rings. The van der Waals surface area contributed by atoms with Crippen LogP contribution < -0.4 is 11.1 Å². The van der Waals surface area contributed by atoms with Crippen LogP contribution in [-0.4, -0.2) is 43.8 Å². The minimum atomic E-state index is -0.643. The Labute approximate surface area is 234 Å². The molecule has 4 aromatic rings. The number of para-hydroxylation sites is 1. The predicted octanol–water partition coefficient (Wildman–Crippen LogP) is 4.83. The zero-order valence-electron chi connectivity index (χ0n) is 23.3. The molecule has 2 aromatic carbocycles. The second-order valence-corrected chi connectivity index (χ2v) is 10.6. The molecular formula is C31H36N6O3. The van der Waals surface area contributed by atoms with Crippen molar-refractivity contribution in [3.63, 3.8) is 0 Å². The van der Waals surface area contributed by atoms with Crippen LogP contribution >= 0.6 is 0 Å². The van der Waals surface area contributed by atoms with Gasteiger partial charge in [-0.1, -0.05) is 30.3 Å². The lowest BCUT2D eigenvalue weighted by Gasteiger charge is -2.25. The highest BCUT2D eigenvalue weighted by Gasteiger charge is 2.26. The summed E-state index contributed by atoms with van der Waals surface area (Å²) < 4.78 is 9.64. The molecule has 0 unspecified atom stereocenters. The van der Waals surface area contributed by atoms with Crippen LogP contribution in [0.15, 0.2) is 67.1 Å². The van der Waals surface area contributed by atoms with Crippen molar-refractivity contribution in [2.45, 2.75) is 64.6 Å². The number of nitrogens with zero attached hydrogens (tertiary/aromatic N) is 4. The number of nitrogens with one attached hydrogen (secondary N) is 1. The second kappa shape index (κ2) is 11.5. The maximum absolute atomic E-state index is 12.7. The van der Waals surface area contributed by atoms with E-state index in [1.165, 1.54) is 0 Å². The van der Waals surface area contributed by atoms with Gasteiger partial charge in [0.25, 0.3) is 0 Å². The molecule has 2 heterocycles. The highest BCUT2D eigenvalue weighted by Crippen LogP contribution is 2.36. The van der Waals surface area contributed by atoms with Crippen molar-refractivity contribution >= 4 is 11.8 Å². The number of ether oxygens (including phenoxy) is 1. The maximum Gasteiger partial charge on any atom is 0.249 e. The molecule has 208 valence electrons.